The molecule has 1 heterocycles. The molecule has 0 fully saturated rings. The Labute approximate surface area is 272 Å². The number of aromatic nitrogens is 2. The van der Waals surface area contributed by atoms with Crippen LogP contribution in [0.1, 0.15) is 38.9 Å². The number of hydrogen-bond donors (Lipinski definition) is 1. The highest BCUT2D eigenvalue weighted by atomic mass is 15.3. The first-order chi connectivity index (χ1) is 22.5. The minimum Gasteiger partial charge on any atom is -0.398 e. The Morgan fingerprint density at radius 1 is 0.674 bits per heavy atom. The van der Waals surface area contributed by atoms with Crippen molar-refractivity contribution in [1.82, 2.24) is 9.78 Å². The van der Waals surface area contributed by atoms with Gasteiger partial charge in [0.25, 0.3) is 0 Å². The van der Waals surface area contributed by atoms with Crippen LogP contribution in [0, 0.1) is 13.8 Å². The van der Waals surface area contributed by atoms with Gasteiger partial charge in [0.1, 0.15) is 0 Å². The molecule has 0 atom stereocenters. The van der Waals surface area contributed by atoms with Gasteiger partial charge < -0.3 is 5.73 Å². The van der Waals surface area contributed by atoms with E-state index < -0.39 is 0 Å². The van der Waals surface area contributed by atoms with Gasteiger partial charge in [-0.2, -0.15) is 5.10 Å². The summed E-state index contributed by atoms with van der Waals surface area (Å²) in [5.74, 6) is 0. The summed E-state index contributed by atoms with van der Waals surface area (Å²) in [5.41, 5.74) is 19.9. The summed E-state index contributed by atoms with van der Waals surface area (Å²) in [7, 11) is 0. The van der Waals surface area contributed by atoms with Gasteiger partial charge in [-0.3, -0.25) is 4.99 Å². The Hall–Kier alpha value is -5.48. The van der Waals surface area contributed by atoms with E-state index in [1.165, 1.54) is 27.8 Å². The van der Waals surface area contributed by atoms with Crippen molar-refractivity contribution >= 4 is 17.6 Å². The van der Waals surface area contributed by atoms with E-state index in [0.717, 1.165) is 65.1 Å². The molecule has 5 aromatic carbocycles. The molecule has 0 bridgehead atoms. The standard InChI is InChI=1S/C42H40N4/c1-31-7-5-11-37(29-31)42-26-28-46(45-42)39-23-19-34(20-24-39)14-16-36-10-6-9-35(30-36)15-13-33-17-21-38(22-18-33)44-27-25-41(43)40-12-4-3-8-32(40)2/h3-12,17-30H,13-16,43H2,1-2H3. The molecule has 2 N–H and O–H groups in total. The van der Waals surface area contributed by atoms with Crippen LogP contribution in [-0.4, -0.2) is 16.0 Å². The van der Waals surface area contributed by atoms with Crippen molar-refractivity contribution < 1.29 is 0 Å². The lowest BCUT2D eigenvalue weighted by molar-refractivity contribution is 0.880. The molecule has 6 rings (SSSR count). The van der Waals surface area contributed by atoms with Crippen LogP contribution in [0.15, 0.2) is 145 Å². The molecular formula is C42H40N4. The van der Waals surface area contributed by atoms with E-state index in [2.05, 4.69) is 128 Å². The summed E-state index contributed by atoms with van der Waals surface area (Å²) in [6.07, 6.45) is 9.69. The Morgan fingerprint density at radius 3 is 2.02 bits per heavy atom. The quantitative estimate of drug-likeness (QED) is 0.151. The first kappa shape index (κ1) is 30.5. The number of allylic oxidation sites excluding steroid dienone is 1. The van der Waals surface area contributed by atoms with Crippen LogP contribution in [0.4, 0.5) is 5.69 Å². The van der Waals surface area contributed by atoms with E-state index >= 15 is 0 Å². The number of nitrogens with zero attached hydrogens (tertiary/aromatic N) is 3. The average Bonchev–Trinajstić information content (AvgIpc) is 3.58. The maximum absolute atomic E-state index is 6.25. The molecule has 228 valence electrons. The predicted octanol–water partition coefficient (Wildman–Crippen LogP) is 9.43. The second-order valence-electron chi connectivity index (χ2n) is 11.9. The highest BCUT2D eigenvalue weighted by Crippen LogP contribution is 2.21. The van der Waals surface area contributed by atoms with Gasteiger partial charge in [0, 0.05) is 29.2 Å². The highest BCUT2D eigenvalue weighted by molar-refractivity contribution is 5.85. The third-order valence-corrected chi connectivity index (χ3v) is 8.37. The summed E-state index contributed by atoms with van der Waals surface area (Å²) in [5, 5.41) is 4.80. The van der Waals surface area contributed by atoms with Crippen LogP contribution in [0.2, 0.25) is 0 Å². The normalized spacial score (nSPS) is 11.7. The lowest BCUT2D eigenvalue weighted by Gasteiger charge is -2.08. The summed E-state index contributed by atoms with van der Waals surface area (Å²) >= 11 is 0. The lowest BCUT2D eigenvalue weighted by atomic mass is 9.99. The van der Waals surface area contributed by atoms with Crippen molar-refractivity contribution in [3.05, 3.63) is 179 Å². The molecule has 4 nitrogen and oxygen atoms in total. The van der Waals surface area contributed by atoms with E-state index in [0.29, 0.717) is 0 Å². The first-order valence-electron chi connectivity index (χ1n) is 15.9. The van der Waals surface area contributed by atoms with Crippen molar-refractivity contribution in [2.45, 2.75) is 39.5 Å². The molecule has 0 aliphatic heterocycles. The van der Waals surface area contributed by atoms with Crippen LogP contribution in [0.5, 0.6) is 0 Å². The topological polar surface area (TPSA) is 56.2 Å². The molecule has 6 aromatic rings. The molecular weight excluding hydrogens is 560 g/mol. The molecule has 46 heavy (non-hydrogen) atoms. The largest absolute Gasteiger partial charge is 0.398 e. The number of aryl methyl sites for hydroxylation is 6. The van der Waals surface area contributed by atoms with E-state index in [1.807, 2.05) is 35.2 Å². The molecule has 0 saturated carbocycles. The molecule has 0 spiro atoms. The van der Waals surface area contributed by atoms with Crippen molar-refractivity contribution in [2.75, 3.05) is 0 Å². The maximum Gasteiger partial charge on any atom is 0.0927 e. The summed E-state index contributed by atoms with van der Waals surface area (Å²) < 4.78 is 1.95. The van der Waals surface area contributed by atoms with E-state index in [4.69, 9.17) is 10.8 Å². The van der Waals surface area contributed by atoms with Gasteiger partial charge in [0.05, 0.1) is 17.1 Å². The van der Waals surface area contributed by atoms with Crippen LogP contribution in [-0.2, 0) is 25.7 Å². The summed E-state index contributed by atoms with van der Waals surface area (Å²) in [6, 6.07) is 44.9. The average molecular weight is 601 g/mol. The zero-order valence-electron chi connectivity index (χ0n) is 26.6. The van der Waals surface area contributed by atoms with Gasteiger partial charge in [0.15, 0.2) is 0 Å². The first-order valence-corrected chi connectivity index (χ1v) is 15.9. The SMILES string of the molecule is Cc1cccc(-c2ccn(-c3ccc(CCc4cccc(CCc5ccc(N=CC=C(N)c6ccccc6C)cc5)c4)cc3)n2)c1. The zero-order chi connectivity index (χ0) is 31.7. The van der Waals surface area contributed by atoms with Gasteiger partial charge in [-0.1, -0.05) is 96.6 Å². The van der Waals surface area contributed by atoms with Crippen LogP contribution in [0.25, 0.3) is 22.6 Å². The van der Waals surface area contributed by atoms with Gasteiger partial charge in [-0.05, 0) is 110 Å². The van der Waals surface area contributed by atoms with E-state index in [9.17, 15) is 0 Å². The van der Waals surface area contributed by atoms with Crippen LogP contribution >= 0.6 is 0 Å². The van der Waals surface area contributed by atoms with Crippen molar-refractivity contribution in [2.24, 2.45) is 10.7 Å². The molecule has 1 aromatic heterocycles. The lowest BCUT2D eigenvalue weighted by Crippen LogP contribution is -1.98. The molecule has 0 amide bonds. The molecule has 0 unspecified atom stereocenters. The van der Waals surface area contributed by atoms with Crippen molar-refractivity contribution in [3.8, 4) is 16.9 Å². The second kappa shape index (κ2) is 14.5. The van der Waals surface area contributed by atoms with E-state index in [-0.39, 0.29) is 0 Å². The smallest absolute Gasteiger partial charge is 0.0927 e. The summed E-state index contributed by atoms with van der Waals surface area (Å²) in [6.45, 7) is 4.17. The summed E-state index contributed by atoms with van der Waals surface area (Å²) in [4.78, 5) is 4.57. The molecule has 4 heteroatoms. The van der Waals surface area contributed by atoms with Gasteiger partial charge in [-0.15, -0.1) is 0 Å². The number of hydrogen-bond acceptors (Lipinski definition) is 3. The minimum absolute atomic E-state index is 0.719. The van der Waals surface area contributed by atoms with Gasteiger partial charge in [0.2, 0.25) is 0 Å². The highest BCUT2D eigenvalue weighted by Gasteiger charge is 2.06. The molecule has 0 saturated heterocycles. The maximum atomic E-state index is 6.25. The van der Waals surface area contributed by atoms with Gasteiger partial charge >= 0.3 is 0 Å². The van der Waals surface area contributed by atoms with Crippen LogP contribution < -0.4 is 5.73 Å². The fourth-order valence-corrected chi connectivity index (χ4v) is 5.70. The zero-order valence-corrected chi connectivity index (χ0v) is 26.6. The third-order valence-electron chi connectivity index (χ3n) is 8.37. The Morgan fingerprint density at radius 2 is 1.33 bits per heavy atom. The third kappa shape index (κ3) is 7.96. The Kier molecular flexibility index (Phi) is 9.65. The number of nitrogens with two attached hydrogens (primary N) is 1. The Bertz CT molecular complexity index is 1960. The minimum atomic E-state index is 0.719. The van der Waals surface area contributed by atoms with Gasteiger partial charge in [-0.25, -0.2) is 4.68 Å². The monoisotopic (exact) mass is 600 g/mol. The van der Waals surface area contributed by atoms with Crippen LogP contribution in [0.3, 0.4) is 0 Å². The predicted molar refractivity (Wildman–Crippen MR) is 193 cm³/mol. The molecule has 0 aliphatic rings. The number of benzene rings is 5. The number of aliphatic imine (C=N–C) groups is 1. The Balaban J connectivity index is 0.992. The van der Waals surface area contributed by atoms with Crippen molar-refractivity contribution in [1.29, 1.82) is 0 Å². The molecule has 0 aliphatic carbocycles. The fraction of sp³-hybridized carbons (Fsp3) is 0.143. The van der Waals surface area contributed by atoms with Crippen molar-refractivity contribution in [3.63, 3.8) is 0 Å². The molecule has 0 radical (unpaired) electrons. The fourth-order valence-electron chi connectivity index (χ4n) is 5.70. The second-order valence-corrected chi connectivity index (χ2v) is 11.9. The number of rotatable bonds is 11. The van der Waals surface area contributed by atoms with E-state index in [1.54, 1.807) is 6.21 Å².